The van der Waals surface area contributed by atoms with Gasteiger partial charge in [-0.25, -0.2) is 0 Å². The maximum atomic E-state index is 3.70. The minimum absolute atomic E-state index is 0.598. The fourth-order valence-corrected chi connectivity index (χ4v) is 3.43. The molecule has 1 aromatic rings. The van der Waals surface area contributed by atoms with Crippen LogP contribution in [0.15, 0.2) is 15.9 Å². The molecule has 0 aromatic carbocycles. The lowest BCUT2D eigenvalue weighted by molar-refractivity contribution is 0.298. The van der Waals surface area contributed by atoms with E-state index in [-0.39, 0.29) is 0 Å². The van der Waals surface area contributed by atoms with Gasteiger partial charge in [0.2, 0.25) is 0 Å². The maximum absolute atomic E-state index is 3.70. The monoisotopic (exact) mass is 317 g/mol. The molecule has 98 valence electrons. The van der Waals surface area contributed by atoms with Gasteiger partial charge in [0.05, 0.1) is 0 Å². The highest BCUT2D eigenvalue weighted by atomic mass is 79.9. The molecule has 0 saturated carbocycles. The standard InChI is InChI=1S/C14H24BrNS/c1-5-6-16-14(11(4)10(2)3)8-13-7-12(15)9-17-13/h7,9-11,14,16H,5-6,8H2,1-4H3. The average Bonchev–Trinajstić information content (AvgIpc) is 2.69. The summed E-state index contributed by atoms with van der Waals surface area (Å²) in [6.07, 6.45) is 2.35. The summed E-state index contributed by atoms with van der Waals surface area (Å²) in [5.41, 5.74) is 0. The normalized spacial score (nSPS) is 15.2. The predicted octanol–water partition coefficient (Wildman–Crippen LogP) is 4.71. The molecule has 0 amide bonds. The average molecular weight is 318 g/mol. The predicted molar refractivity (Wildman–Crippen MR) is 81.8 cm³/mol. The molecular weight excluding hydrogens is 294 g/mol. The van der Waals surface area contributed by atoms with Crippen molar-refractivity contribution in [3.8, 4) is 0 Å². The van der Waals surface area contributed by atoms with Crippen LogP contribution in [0.4, 0.5) is 0 Å². The van der Waals surface area contributed by atoms with Crippen LogP contribution in [0, 0.1) is 11.8 Å². The molecule has 2 atom stereocenters. The number of rotatable bonds is 7. The molecule has 1 aromatic heterocycles. The van der Waals surface area contributed by atoms with E-state index in [0.29, 0.717) is 12.0 Å². The van der Waals surface area contributed by atoms with Gasteiger partial charge in [-0.05, 0) is 53.2 Å². The molecule has 0 fully saturated rings. The van der Waals surface area contributed by atoms with Crippen molar-refractivity contribution in [3.63, 3.8) is 0 Å². The summed E-state index contributed by atoms with van der Waals surface area (Å²) in [6.45, 7) is 10.3. The molecule has 0 aliphatic carbocycles. The highest BCUT2D eigenvalue weighted by Gasteiger charge is 2.20. The Bertz CT molecular complexity index is 322. The summed E-state index contributed by atoms with van der Waals surface area (Å²) in [4.78, 5) is 1.47. The Morgan fingerprint density at radius 2 is 2.06 bits per heavy atom. The Balaban J connectivity index is 2.62. The summed E-state index contributed by atoms with van der Waals surface area (Å²) in [5, 5.41) is 5.87. The molecule has 0 spiro atoms. The van der Waals surface area contributed by atoms with Crippen molar-refractivity contribution in [3.05, 3.63) is 20.8 Å². The molecular formula is C14H24BrNS. The third kappa shape index (κ3) is 5.11. The molecule has 1 nitrogen and oxygen atoms in total. The van der Waals surface area contributed by atoms with E-state index < -0.39 is 0 Å². The summed E-state index contributed by atoms with van der Waals surface area (Å²) in [7, 11) is 0. The number of halogens is 1. The van der Waals surface area contributed by atoms with Crippen molar-refractivity contribution in [1.82, 2.24) is 5.32 Å². The minimum Gasteiger partial charge on any atom is -0.313 e. The van der Waals surface area contributed by atoms with Gasteiger partial charge in [0.25, 0.3) is 0 Å². The van der Waals surface area contributed by atoms with Crippen LogP contribution in [0.5, 0.6) is 0 Å². The first kappa shape index (κ1) is 15.2. The van der Waals surface area contributed by atoms with Gasteiger partial charge in [-0.3, -0.25) is 0 Å². The second-order valence-electron chi connectivity index (χ2n) is 5.10. The molecule has 0 bridgehead atoms. The summed E-state index contributed by atoms with van der Waals surface area (Å²) >= 11 is 5.38. The Labute approximate surface area is 118 Å². The smallest absolute Gasteiger partial charge is 0.0285 e. The number of hydrogen-bond acceptors (Lipinski definition) is 2. The molecule has 1 N–H and O–H groups in total. The molecule has 2 unspecified atom stereocenters. The van der Waals surface area contributed by atoms with E-state index in [1.165, 1.54) is 15.8 Å². The lowest BCUT2D eigenvalue weighted by Gasteiger charge is -2.27. The van der Waals surface area contributed by atoms with E-state index in [2.05, 4.69) is 60.4 Å². The Kier molecular flexibility index (Phi) is 6.75. The number of thiophene rings is 1. The SMILES string of the molecule is CCCNC(Cc1cc(Br)cs1)C(C)C(C)C. The summed E-state index contributed by atoms with van der Waals surface area (Å²) in [5.74, 6) is 1.44. The highest BCUT2D eigenvalue weighted by molar-refractivity contribution is 9.10. The number of nitrogens with one attached hydrogen (secondary N) is 1. The number of hydrogen-bond donors (Lipinski definition) is 1. The first-order valence-corrected chi connectivity index (χ1v) is 8.18. The summed E-state index contributed by atoms with van der Waals surface area (Å²) < 4.78 is 1.21. The van der Waals surface area contributed by atoms with Crippen LogP contribution in [0.1, 0.15) is 39.0 Å². The molecule has 3 heteroatoms. The second kappa shape index (κ2) is 7.55. The van der Waals surface area contributed by atoms with E-state index in [1.807, 2.05) is 11.3 Å². The lowest BCUT2D eigenvalue weighted by Crippen LogP contribution is -2.39. The van der Waals surface area contributed by atoms with Crippen LogP contribution in [0.2, 0.25) is 0 Å². The van der Waals surface area contributed by atoms with Gasteiger partial charge in [-0.1, -0.05) is 27.7 Å². The minimum atomic E-state index is 0.598. The van der Waals surface area contributed by atoms with Gasteiger partial charge in [-0.2, -0.15) is 0 Å². The first-order valence-electron chi connectivity index (χ1n) is 6.50. The van der Waals surface area contributed by atoms with Gasteiger partial charge in [0, 0.05) is 20.8 Å². The van der Waals surface area contributed by atoms with Gasteiger partial charge in [0.1, 0.15) is 0 Å². The van der Waals surface area contributed by atoms with E-state index in [9.17, 15) is 0 Å². The van der Waals surface area contributed by atoms with Crippen LogP contribution < -0.4 is 5.32 Å². The van der Waals surface area contributed by atoms with Crippen LogP contribution in [0.3, 0.4) is 0 Å². The van der Waals surface area contributed by atoms with Gasteiger partial charge in [0.15, 0.2) is 0 Å². The summed E-state index contributed by atoms with van der Waals surface area (Å²) in [6, 6.07) is 2.85. The quantitative estimate of drug-likeness (QED) is 0.767. The molecule has 17 heavy (non-hydrogen) atoms. The van der Waals surface area contributed by atoms with E-state index >= 15 is 0 Å². The Hall–Kier alpha value is 0.140. The second-order valence-corrected chi connectivity index (χ2v) is 7.01. The zero-order chi connectivity index (χ0) is 12.8. The largest absolute Gasteiger partial charge is 0.313 e. The van der Waals surface area contributed by atoms with Crippen LogP contribution in [-0.2, 0) is 6.42 Å². The highest BCUT2D eigenvalue weighted by Crippen LogP contribution is 2.24. The maximum Gasteiger partial charge on any atom is 0.0285 e. The van der Waals surface area contributed by atoms with Gasteiger partial charge in [-0.15, -0.1) is 11.3 Å². The van der Waals surface area contributed by atoms with Crippen molar-refractivity contribution < 1.29 is 0 Å². The fraction of sp³-hybridized carbons (Fsp3) is 0.714. The van der Waals surface area contributed by atoms with E-state index in [4.69, 9.17) is 0 Å². The van der Waals surface area contributed by atoms with Crippen LogP contribution >= 0.6 is 27.3 Å². The van der Waals surface area contributed by atoms with E-state index in [1.54, 1.807) is 0 Å². The molecule has 0 saturated heterocycles. The third-order valence-electron chi connectivity index (χ3n) is 3.39. The molecule has 0 aliphatic rings. The fourth-order valence-electron chi connectivity index (χ4n) is 1.92. The lowest BCUT2D eigenvalue weighted by atomic mass is 9.88. The van der Waals surface area contributed by atoms with Crippen molar-refractivity contribution in [2.24, 2.45) is 11.8 Å². The zero-order valence-corrected chi connectivity index (χ0v) is 13.7. The molecule has 1 heterocycles. The van der Waals surface area contributed by atoms with Crippen LogP contribution in [0.25, 0.3) is 0 Å². The molecule has 0 aliphatic heterocycles. The molecule has 0 radical (unpaired) electrons. The van der Waals surface area contributed by atoms with Crippen molar-refractivity contribution in [1.29, 1.82) is 0 Å². The first-order chi connectivity index (χ1) is 8.04. The zero-order valence-electron chi connectivity index (χ0n) is 11.3. The van der Waals surface area contributed by atoms with Crippen molar-refractivity contribution >= 4 is 27.3 Å². The van der Waals surface area contributed by atoms with Gasteiger partial charge < -0.3 is 5.32 Å². The third-order valence-corrected chi connectivity index (χ3v) is 5.11. The Morgan fingerprint density at radius 3 is 2.53 bits per heavy atom. The van der Waals surface area contributed by atoms with E-state index in [0.717, 1.165) is 18.9 Å². The van der Waals surface area contributed by atoms with Crippen molar-refractivity contribution in [2.45, 2.75) is 46.6 Å². The van der Waals surface area contributed by atoms with Crippen LogP contribution in [-0.4, -0.2) is 12.6 Å². The van der Waals surface area contributed by atoms with Crippen molar-refractivity contribution in [2.75, 3.05) is 6.54 Å². The Morgan fingerprint density at radius 1 is 1.35 bits per heavy atom. The molecule has 1 rings (SSSR count). The topological polar surface area (TPSA) is 12.0 Å². The van der Waals surface area contributed by atoms with Gasteiger partial charge >= 0.3 is 0 Å².